The van der Waals surface area contributed by atoms with Crippen LogP contribution in [0.15, 0.2) is 48.5 Å². The number of carbonyl (C=O) groups is 1. The predicted molar refractivity (Wildman–Crippen MR) is 97.8 cm³/mol. The van der Waals surface area contributed by atoms with Crippen molar-refractivity contribution in [3.8, 4) is 0 Å². The molecule has 3 heteroatoms. The first-order valence-electron chi connectivity index (χ1n) is 8.77. The molecule has 3 nitrogen and oxygen atoms in total. The van der Waals surface area contributed by atoms with Crippen LogP contribution < -0.4 is 4.90 Å². The molecule has 0 bridgehead atoms. The number of benzene rings is 2. The third-order valence-electron chi connectivity index (χ3n) is 4.88. The molecule has 1 saturated heterocycles. The number of nitrogens with zero attached hydrogens (tertiary/aromatic N) is 1. The van der Waals surface area contributed by atoms with Gasteiger partial charge in [-0.3, -0.25) is 4.79 Å². The van der Waals surface area contributed by atoms with Crippen molar-refractivity contribution in [2.24, 2.45) is 0 Å². The zero-order valence-electron chi connectivity index (χ0n) is 14.2. The summed E-state index contributed by atoms with van der Waals surface area (Å²) in [4.78, 5) is 14.1. The highest BCUT2D eigenvalue weighted by Gasteiger charge is 2.20. The summed E-state index contributed by atoms with van der Waals surface area (Å²) < 4.78 is 0. The first kappa shape index (κ1) is 16.6. The standard InChI is InChI=1S/C21H25NO2/c1-16-5-9-18(10-6-16)20(21(23)24)15-17-7-11-19(12-8-17)22-13-3-2-4-14-22/h5-12,20H,2-4,13-15H2,1H3,(H,23,24). The van der Waals surface area contributed by atoms with Crippen molar-refractivity contribution in [2.45, 2.75) is 38.5 Å². The number of rotatable bonds is 5. The molecule has 1 N–H and O–H groups in total. The highest BCUT2D eigenvalue weighted by molar-refractivity contribution is 5.76. The number of aliphatic carboxylic acids is 1. The van der Waals surface area contributed by atoms with Gasteiger partial charge in [0.05, 0.1) is 5.92 Å². The van der Waals surface area contributed by atoms with Crippen LogP contribution in [-0.2, 0) is 11.2 Å². The van der Waals surface area contributed by atoms with Crippen LogP contribution in [0.3, 0.4) is 0 Å². The molecule has 0 aliphatic carbocycles. The average Bonchev–Trinajstić information content (AvgIpc) is 2.62. The lowest BCUT2D eigenvalue weighted by atomic mass is 9.91. The van der Waals surface area contributed by atoms with Gasteiger partial charge < -0.3 is 10.0 Å². The lowest BCUT2D eigenvalue weighted by molar-refractivity contribution is -0.138. The molecule has 0 saturated carbocycles. The van der Waals surface area contributed by atoms with Crippen molar-refractivity contribution in [3.63, 3.8) is 0 Å². The summed E-state index contributed by atoms with van der Waals surface area (Å²) in [6.07, 6.45) is 4.37. The quantitative estimate of drug-likeness (QED) is 0.887. The maximum atomic E-state index is 11.7. The van der Waals surface area contributed by atoms with Crippen LogP contribution in [0.25, 0.3) is 0 Å². The summed E-state index contributed by atoms with van der Waals surface area (Å²) in [5.74, 6) is -1.26. The van der Waals surface area contributed by atoms with Crippen LogP contribution in [0.4, 0.5) is 5.69 Å². The summed E-state index contributed by atoms with van der Waals surface area (Å²) in [6.45, 7) is 4.26. The van der Waals surface area contributed by atoms with Gasteiger partial charge >= 0.3 is 5.97 Å². The van der Waals surface area contributed by atoms with Gasteiger partial charge in [-0.05, 0) is 55.9 Å². The van der Waals surface area contributed by atoms with Gasteiger partial charge in [0.2, 0.25) is 0 Å². The number of hydrogen-bond donors (Lipinski definition) is 1. The Balaban J connectivity index is 1.73. The normalized spacial score (nSPS) is 16.0. The van der Waals surface area contributed by atoms with Gasteiger partial charge in [-0.2, -0.15) is 0 Å². The fraction of sp³-hybridized carbons (Fsp3) is 0.381. The number of carboxylic acids is 1. The fourth-order valence-electron chi connectivity index (χ4n) is 3.38. The van der Waals surface area contributed by atoms with E-state index in [0.717, 1.165) is 29.8 Å². The minimum Gasteiger partial charge on any atom is -0.481 e. The summed E-state index contributed by atoms with van der Waals surface area (Å²) in [5.41, 5.74) is 4.34. The molecule has 1 fully saturated rings. The third-order valence-corrected chi connectivity index (χ3v) is 4.88. The summed E-state index contributed by atoms with van der Waals surface area (Å²) in [5, 5.41) is 9.61. The van der Waals surface area contributed by atoms with Gasteiger partial charge in [0.1, 0.15) is 0 Å². The number of piperidine rings is 1. The highest BCUT2D eigenvalue weighted by Crippen LogP contribution is 2.25. The van der Waals surface area contributed by atoms with Crippen LogP contribution in [0.1, 0.15) is 41.9 Å². The van der Waals surface area contributed by atoms with E-state index in [1.165, 1.54) is 24.9 Å². The summed E-state index contributed by atoms with van der Waals surface area (Å²) in [6, 6.07) is 16.2. The molecule has 3 rings (SSSR count). The van der Waals surface area contributed by atoms with Crippen LogP contribution in [0, 0.1) is 6.92 Å². The second kappa shape index (κ2) is 7.52. The molecule has 126 valence electrons. The Kier molecular flexibility index (Phi) is 5.19. The van der Waals surface area contributed by atoms with Gasteiger partial charge in [-0.1, -0.05) is 42.0 Å². The van der Waals surface area contributed by atoms with Crippen molar-refractivity contribution in [2.75, 3.05) is 18.0 Å². The first-order chi connectivity index (χ1) is 11.6. The number of hydrogen-bond acceptors (Lipinski definition) is 2. The van der Waals surface area contributed by atoms with Gasteiger partial charge in [0.15, 0.2) is 0 Å². The zero-order chi connectivity index (χ0) is 16.9. The molecule has 1 aliphatic heterocycles. The molecule has 0 aromatic heterocycles. The van der Waals surface area contributed by atoms with E-state index in [1.807, 2.05) is 31.2 Å². The fourth-order valence-corrected chi connectivity index (χ4v) is 3.38. The predicted octanol–water partition coefficient (Wildman–Crippen LogP) is 4.40. The van der Waals surface area contributed by atoms with Crippen molar-refractivity contribution < 1.29 is 9.90 Å². The smallest absolute Gasteiger partial charge is 0.311 e. The van der Waals surface area contributed by atoms with E-state index in [4.69, 9.17) is 0 Å². The van der Waals surface area contributed by atoms with Gasteiger partial charge in [0.25, 0.3) is 0 Å². The molecule has 24 heavy (non-hydrogen) atoms. The third kappa shape index (κ3) is 3.97. The van der Waals surface area contributed by atoms with Crippen molar-refractivity contribution in [1.82, 2.24) is 0 Å². The van der Waals surface area contributed by atoms with E-state index in [9.17, 15) is 9.90 Å². The minimum atomic E-state index is -0.765. The number of aryl methyl sites for hydroxylation is 1. The molecule has 1 atom stereocenters. The lowest BCUT2D eigenvalue weighted by Crippen LogP contribution is -2.29. The van der Waals surface area contributed by atoms with E-state index in [0.29, 0.717) is 6.42 Å². The van der Waals surface area contributed by atoms with Crippen LogP contribution in [0.2, 0.25) is 0 Å². The second-order valence-corrected chi connectivity index (χ2v) is 6.72. The molecule has 0 amide bonds. The molecule has 0 spiro atoms. The summed E-state index contributed by atoms with van der Waals surface area (Å²) in [7, 11) is 0. The Hall–Kier alpha value is -2.29. The Labute approximate surface area is 143 Å². The number of anilines is 1. The maximum absolute atomic E-state index is 11.7. The van der Waals surface area contributed by atoms with E-state index in [-0.39, 0.29) is 0 Å². The minimum absolute atomic E-state index is 0.494. The Morgan fingerprint density at radius 3 is 2.21 bits per heavy atom. The molecule has 0 radical (unpaired) electrons. The second-order valence-electron chi connectivity index (χ2n) is 6.72. The molecule has 1 unspecified atom stereocenters. The van der Waals surface area contributed by atoms with Crippen molar-refractivity contribution in [3.05, 3.63) is 65.2 Å². The van der Waals surface area contributed by atoms with E-state index in [1.54, 1.807) is 0 Å². The Morgan fingerprint density at radius 1 is 1.00 bits per heavy atom. The molecule has 1 heterocycles. The molecular formula is C21H25NO2. The van der Waals surface area contributed by atoms with Crippen molar-refractivity contribution >= 4 is 11.7 Å². The maximum Gasteiger partial charge on any atom is 0.311 e. The zero-order valence-corrected chi connectivity index (χ0v) is 14.2. The first-order valence-corrected chi connectivity index (χ1v) is 8.77. The van der Waals surface area contributed by atoms with Gasteiger partial charge in [-0.15, -0.1) is 0 Å². The monoisotopic (exact) mass is 323 g/mol. The van der Waals surface area contributed by atoms with Crippen molar-refractivity contribution in [1.29, 1.82) is 0 Å². The van der Waals surface area contributed by atoms with Gasteiger partial charge in [-0.25, -0.2) is 0 Å². The highest BCUT2D eigenvalue weighted by atomic mass is 16.4. The lowest BCUT2D eigenvalue weighted by Gasteiger charge is -2.29. The Bertz CT molecular complexity index is 670. The van der Waals surface area contributed by atoms with Gasteiger partial charge in [0, 0.05) is 18.8 Å². The van der Waals surface area contributed by atoms with Crippen LogP contribution >= 0.6 is 0 Å². The molecule has 1 aliphatic rings. The Morgan fingerprint density at radius 2 is 1.62 bits per heavy atom. The van der Waals surface area contributed by atoms with E-state index in [2.05, 4.69) is 29.2 Å². The average molecular weight is 323 g/mol. The largest absolute Gasteiger partial charge is 0.481 e. The molecular weight excluding hydrogens is 298 g/mol. The van der Waals surface area contributed by atoms with E-state index >= 15 is 0 Å². The molecule has 2 aromatic carbocycles. The van der Waals surface area contributed by atoms with Crippen LogP contribution in [-0.4, -0.2) is 24.2 Å². The topological polar surface area (TPSA) is 40.5 Å². The molecule has 2 aromatic rings. The number of carboxylic acid groups (broad SMARTS) is 1. The van der Waals surface area contributed by atoms with E-state index < -0.39 is 11.9 Å². The summed E-state index contributed by atoms with van der Waals surface area (Å²) >= 11 is 0. The van der Waals surface area contributed by atoms with Crippen LogP contribution in [0.5, 0.6) is 0 Å². The SMILES string of the molecule is Cc1ccc(C(Cc2ccc(N3CCCCC3)cc2)C(=O)O)cc1.